The van der Waals surface area contributed by atoms with Crippen LogP contribution in [0.25, 0.3) is 5.69 Å². The molecule has 0 aliphatic heterocycles. The SMILES string of the molecule is O=C(CC1CCCCCC1)c1cnn(-c2ccccc2)c1. The van der Waals surface area contributed by atoms with E-state index in [0.717, 1.165) is 11.3 Å². The minimum Gasteiger partial charge on any atom is -0.294 e. The molecule has 0 N–H and O–H groups in total. The van der Waals surface area contributed by atoms with Crippen molar-refractivity contribution in [1.82, 2.24) is 9.78 Å². The second-order valence-corrected chi connectivity index (χ2v) is 5.99. The van der Waals surface area contributed by atoms with Crippen LogP contribution < -0.4 is 0 Å². The molecular formula is C18H22N2O. The van der Waals surface area contributed by atoms with Crippen LogP contribution in [0.5, 0.6) is 0 Å². The van der Waals surface area contributed by atoms with E-state index in [-0.39, 0.29) is 5.78 Å². The molecule has 0 spiro atoms. The van der Waals surface area contributed by atoms with Gasteiger partial charge in [-0.3, -0.25) is 4.79 Å². The zero-order valence-corrected chi connectivity index (χ0v) is 12.4. The number of Topliss-reactive ketones (excluding diaryl/α,β-unsaturated/α-hetero) is 1. The molecule has 21 heavy (non-hydrogen) atoms. The van der Waals surface area contributed by atoms with Gasteiger partial charge in [-0.25, -0.2) is 4.68 Å². The zero-order valence-electron chi connectivity index (χ0n) is 12.4. The van der Waals surface area contributed by atoms with Gasteiger partial charge in [0.15, 0.2) is 5.78 Å². The van der Waals surface area contributed by atoms with Gasteiger partial charge in [0.25, 0.3) is 0 Å². The van der Waals surface area contributed by atoms with Gasteiger partial charge in [-0.2, -0.15) is 5.10 Å². The first-order valence-corrected chi connectivity index (χ1v) is 7.96. The Balaban J connectivity index is 1.66. The van der Waals surface area contributed by atoms with Gasteiger partial charge < -0.3 is 0 Å². The van der Waals surface area contributed by atoms with Crippen molar-refractivity contribution in [2.75, 3.05) is 0 Å². The van der Waals surface area contributed by atoms with Gasteiger partial charge >= 0.3 is 0 Å². The summed E-state index contributed by atoms with van der Waals surface area (Å²) in [4.78, 5) is 12.4. The summed E-state index contributed by atoms with van der Waals surface area (Å²) in [6.07, 6.45) is 11.9. The maximum atomic E-state index is 12.4. The molecule has 0 atom stereocenters. The van der Waals surface area contributed by atoms with Crippen LogP contribution in [-0.2, 0) is 0 Å². The van der Waals surface area contributed by atoms with Crippen molar-refractivity contribution >= 4 is 5.78 Å². The standard InChI is InChI=1S/C18H22N2O/c21-18(12-15-8-4-1-2-5-9-15)16-13-19-20(14-16)17-10-6-3-7-11-17/h3,6-7,10-11,13-15H,1-2,4-5,8-9,12H2. The quantitative estimate of drug-likeness (QED) is 0.614. The summed E-state index contributed by atoms with van der Waals surface area (Å²) in [5.41, 5.74) is 1.73. The van der Waals surface area contributed by atoms with E-state index in [2.05, 4.69) is 5.10 Å². The number of nitrogens with zero attached hydrogens (tertiary/aromatic N) is 2. The highest BCUT2D eigenvalue weighted by molar-refractivity contribution is 5.95. The Morgan fingerprint density at radius 2 is 1.81 bits per heavy atom. The molecule has 0 saturated heterocycles. The van der Waals surface area contributed by atoms with Crippen LogP contribution in [0.2, 0.25) is 0 Å². The predicted octanol–water partition coefficient (Wildman–Crippen LogP) is 4.42. The summed E-state index contributed by atoms with van der Waals surface area (Å²) < 4.78 is 1.78. The Hall–Kier alpha value is -1.90. The third kappa shape index (κ3) is 3.60. The van der Waals surface area contributed by atoms with Crippen LogP contribution in [0.3, 0.4) is 0 Å². The Labute approximate surface area is 126 Å². The normalized spacial score (nSPS) is 16.6. The highest BCUT2D eigenvalue weighted by Crippen LogP contribution is 2.26. The fraction of sp³-hybridized carbons (Fsp3) is 0.444. The van der Waals surface area contributed by atoms with Gasteiger partial charge in [-0.05, 0) is 18.1 Å². The van der Waals surface area contributed by atoms with Gasteiger partial charge in [-0.1, -0.05) is 56.7 Å². The number of carbonyl (C=O) groups is 1. The van der Waals surface area contributed by atoms with Crippen LogP contribution in [0, 0.1) is 5.92 Å². The average molecular weight is 282 g/mol. The molecule has 2 aromatic rings. The van der Waals surface area contributed by atoms with Crippen LogP contribution in [0.15, 0.2) is 42.7 Å². The smallest absolute Gasteiger partial charge is 0.166 e. The second kappa shape index (κ2) is 6.70. The molecule has 1 heterocycles. The van der Waals surface area contributed by atoms with E-state index in [1.807, 2.05) is 36.5 Å². The van der Waals surface area contributed by atoms with E-state index in [9.17, 15) is 4.79 Å². The first-order chi connectivity index (χ1) is 10.3. The van der Waals surface area contributed by atoms with Crippen molar-refractivity contribution in [3.8, 4) is 5.69 Å². The molecule has 1 aliphatic carbocycles. The summed E-state index contributed by atoms with van der Waals surface area (Å²) in [6, 6.07) is 9.91. The number of benzene rings is 1. The van der Waals surface area contributed by atoms with Crippen LogP contribution in [-0.4, -0.2) is 15.6 Å². The lowest BCUT2D eigenvalue weighted by Gasteiger charge is -2.11. The average Bonchev–Trinajstić information content (AvgIpc) is 2.88. The Morgan fingerprint density at radius 3 is 2.52 bits per heavy atom. The van der Waals surface area contributed by atoms with E-state index >= 15 is 0 Å². The third-order valence-electron chi connectivity index (χ3n) is 4.37. The first kappa shape index (κ1) is 14.1. The minimum absolute atomic E-state index is 0.240. The van der Waals surface area contributed by atoms with E-state index in [4.69, 9.17) is 0 Å². The molecule has 3 rings (SSSR count). The van der Waals surface area contributed by atoms with Gasteiger partial charge in [0.1, 0.15) is 0 Å². The van der Waals surface area contributed by atoms with Crippen molar-refractivity contribution in [2.24, 2.45) is 5.92 Å². The number of para-hydroxylation sites is 1. The topological polar surface area (TPSA) is 34.9 Å². The maximum Gasteiger partial charge on any atom is 0.166 e. The summed E-state index contributed by atoms with van der Waals surface area (Å²) >= 11 is 0. The molecule has 0 amide bonds. The fourth-order valence-corrected chi connectivity index (χ4v) is 3.14. The lowest BCUT2D eigenvalue weighted by Crippen LogP contribution is -2.07. The van der Waals surface area contributed by atoms with Gasteiger partial charge in [0.05, 0.1) is 17.4 Å². The van der Waals surface area contributed by atoms with Crippen molar-refractivity contribution in [3.05, 3.63) is 48.3 Å². The molecule has 3 heteroatoms. The summed E-state index contributed by atoms with van der Waals surface area (Å²) in [6.45, 7) is 0. The lowest BCUT2D eigenvalue weighted by atomic mass is 9.93. The van der Waals surface area contributed by atoms with Crippen LogP contribution in [0.1, 0.15) is 55.3 Å². The van der Waals surface area contributed by atoms with Crippen LogP contribution in [0.4, 0.5) is 0 Å². The number of aromatic nitrogens is 2. The largest absolute Gasteiger partial charge is 0.294 e. The highest BCUT2D eigenvalue weighted by Gasteiger charge is 2.18. The Morgan fingerprint density at radius 1 is 1.10 bits per heavy atom. The number of rotatable bonds is 4. The number of carbonyl (C=O) groups excluding carboxylic acids is 1. The highest BCUT2D eigenvalue weighted by atomic mass is 16.1. The molecule has 1 aromatic heterocycles. The Kier molecular flexibility index (Phi) is 4.49. The molecule has 110 valence electrons. The second-order valence-electron chi connectivity index (χ2n) is 5.99. The minimum atomic E-state index is 0.240. The third-order valence-corrected chi connectivity index (χ3v) is 4.37. The molecule has 1 aromatic carbocycles. The Bertz CT molecular complexity index is 580. The van der Waals surface area contributed by atoms with Crippen molar-refractivity contribution in [1.29, 1.82) is 0 Å². The zero-order chi connectivity index (χ0) is 14.5. The molecular weight excluding hydrogens is 260 g/mol. The number of hydrogen-bond acceptors (Lipinski definition) is 2. The maximum absolute atomic E-state index is 12.4. The van der Waals surface area contributed by atoms with Gasteiger partial charge in [0.2, 0.25) is 0 Å². The first-order valence-electron chi connectivity index (χ1n) is 7.96. The van der Waals surface area contributed by atoms with Crippen molar-refractivity contribution in [3.63, 3.8) is 0 Å². The van der Waals surface area contributed by atoms with Gasteiger partial charge in [-0.15, -0.1) is 0 Å². The van der Waals surface area contributed by atoms with E-state index in [1.165, 1.54) is 38.5 Å². The van der Waals surface area contributed by atoms with E-state index < -0.39 is 0 Å². The van der Waals surface area contributed by atoms with E-state index in [1.54, 1.807) is 10.9 Å². The number of ketones is 1. The molecule has 3 nitrogen and oxygen atoms in total. The molecule has 1 aliphatic rings. The lowest BCUT2D eigenvalue weighted by molar-refractivity contribution is 0.0957. The molecule has 1 fully saturated rings. The molecule has 1 saturated carbocycles. The summed E-state index contributed by atoms with van der Waals surface area (Å²) in [5.74, 6) is 0.809. The van der Waals surface area contributed by atoms with Crippen molar-refractivity contribution in [2.45, 2.75) is 44.9 Å². The predicted molar refractivity (Wildman–Crippen MR) is 83.7 cm³/mol. The van der Waals surface area contributed by atoms with Crippen molar-refractivity contribution < 1.29 is 4.79 Å². The molecule has 0 unspecified atom stereocenters. The molecule has 0 bridgehead atoms. The van der Waals surface area contributed by atoms with Gasteiger partial charge in [0, 0.05) is 12.6 Å². The molecule has 0 radical (unpaired) electrons. The number of hydrogen-bond donors (Lipinski definition) is 0. The summed E-state index contributed by atoms with van der Waals surface area (Å²) in [7, 11) is 0. The fourth-order valence-electron chi connectivity index (χ4n) is 3.14. The monoisotopic (exact) mass is 282 g/mol. The van der Waals surface area contributed by atoms with Crippen LogP contribution >= 0.6 is 0 Å². The summed E-state index contributed by atoms with van der Waals surface area (Å²) in [5, 5.41) is 4.31. The van der Waals surface area contributed by atoms with E-state index in [0.29, 0.717) is 12.3 Å².